The highest BCUT2D eigenvalue weighted by molar-refractivity contribution is 5.89. The average molecular weight is 622 g/mol. The maximum atomic E-state index is 2.31. The fourth-order valence-corrected chi connectivity index (χ4v) is 6.46. The molecule has 0 amide bonds. The predicted octanol–water partition coefficient (Wildman–Crippen LogP) is 12.0. The molecule has 0 saturated heterocycles. The van der Waals surface area contributed by atoms with E-state index in [1.54, 1.807) is 0 Å². The second-order valence-corrected chi connectivity index (χ2v) is 12.0. The van der Waals surface area contributed by atoms with Crippen molar-refractivity contribution in [3.8, 4) is 33.4 Å². The highest BCUT2D eigenvalue weighted by atomic mass is 15.2. The van der Waals surface area contributed by atoms with Crippen molar-refractivity contribution in [3.63, 3.8) is 0 Å². The van der Waals surface area contributed by atoms with E-state index in [-0.39, 0.29) is 0 Å². The normalized spacial score (nSPS) is 10.8. The Balaban J connectivity index is 1.38. The van der Waals surface area contributed by atoms with Crippen LogP contribution in [0.2, 0.25) is 0 Å². The molecule has 48 heavy (non-hydrogen) atoms. The van der Waals surface area contributed by atoms with Gasteiger partial charge in [-0.1, -0.05) is 146 Å². The van der Waals surface area contributed by atoms with E-state index in [0.29, 0.717) is 0 Å². The zero-order valence-corrected chi connectivity index (χ0v) is 27.7. The van der Waals surface area contributed by atoms with Crippen LogP contribution in [-0.2, 0) is 0 Å². The first kappa shape index (κ1) is 30.6. The molecule has 0 atom stereocenters. The van der Waals surface area contributed by atoms with Gasteiger partial charge >= 0.3 is 0 Å². The van der Waals surface area contributed by atoms with Crippen LogP contribution >= 0.6 is 0 Å². The summed E-state index contributed by atoms with van der Waals surface area (Å²) in [4.78, 5) is 6.93. The lowest BCUT2D eigenvalue weighted by Gasteiger charge is -2.30. The molecule has 0 unspecified atom stereocenters. The summed E-state index contributed by atoms with van der Waals surface area (Å²) in [5.41, 5.74) is 13.9. The first-order valence-corrected chi connectivity index (χ1v) is 16.4. The molecule has 0 heterocycles. The monoisotopic (exact) mass is 621 g/mol. The zero-order chi connectivity index (χ0) is 32.9. The summed E-state index contributed by atoms with van der Waals surface area (Å²) in [5, 5.41) is 0. The van der Waals surface area contributed by atoms with Crippen LogP contribution in [-0.4, -0.2) is 21.1 Å². The minimum atomic E-state index is 1.10. The molecule has 7 rings (SSSR count). The Hall–Kier alpha value is -6.06. The Morgan fingerprint density at radius 1 is 0.271 bits per heavy atom. The highest BCUT2D eigenvalue weighted by Gasteiger charge is 2.19. The summed E-state index contributed by atoms with van der Waals surface area (Å²) < 4.78 is 0. The van der Waals surface area contributed by atoms with Crippen LogP contribution in [0.5, 0.6) is 0 Å². The standard InChI is InChI=1S/C45H39N3/c1-46(43-28-16-13-25-40(43)34-19-7-4-8-20-34)37-31-38(47(2)44-29-17-14-26-41(44)35-21-9-5-10-22-35)33-39(32-37)48(3)45-30-18-15-27-42(45)36-23-11-6-12-24-36/h4-33H,1-3H3. The Kier molecular flexibility index (Phi) is 8.76. The van der Waals surface area contributed by atoms with Crippen LogP contribution in [0.25, 0.3) is 33.4 Å². The number of para-hydroxylation sites is 3. The van der Waals surface area contributed by atoms with Gasteiger partial charge < -0.3 is 14.7 Å². The number of hydrogen-bond acceptors (Lipinski definition) is 3. The van der Waals surface area contributed by atoms with Crippen molar-refractivity contribution >= 4 is 34.1 Å². The van der Waals surface area contributed by atoms with Crippen molar-refractivity contribution in [1.82, 2.24) is 0 Å². The summed E-state index contributed by atoms with van der Waals surface area (Å²) in [6.07, 6.45) is 0. The van der Waals surface area contributed by atoms with Crippen LogP contribution in [0.15, 0.2) is 182 Å². The first-order chi connectivity index (χ1) is 23.6. The first-order valence-electron chi connectivity index (χ1n) is 16.4. The van der Waals surface area contributed by atoms with E-state index in [2.05, 4.69) is 218 Å². The SMILES string of the molecule is CN(c1cc(N(C)c2ccccc2-c2ccccc2)cc(N(C)c2ccccc2-c2ccccc2)c1)c1ccccc1-c1ccccc1. The minimum Gasteiger partial charge on any atom is -0.344 e. The van der Waals surface area contributed by atoms with Gasteiger partial charge in [0.15, 0.2) is 0 Å². The predicted molar refractivity (Wildman–Crippen MR) is 206 cm³/mol. The molecule has 234 valence electrons. The molecule has 3 nitrogen and oxygen atoms in total. The van der Waals surface area contributed by atoms with Gasteiger partial charge in [0, 0.05) is 72.0 Å². The maximum absolute atomic E-state index is 2.31. The van der Waals surface area contributed by atoms with Gasteiger partial charge in [-0.3, -0.25) is 0 Å². The van der Waals surface area contributed by atoms with E-state index < -0.39 is 0 Å². The van der Waals surface area contributed by atoms with E-state index in [1.807, 2.05) is 0 Å². The highest BCUT2D eigenvalue weighted by Crippen LogP contribution is 2.42. The number of rotatable bonds is 9. The molecule has 7 aromatic carbocycles. The Labute approximate surface area is 284 Å². The van der Waals surface area contributed by atoms with Gasteiger partial charge in [-0.25, -0.2) is 0 Å². The average Bonchev–Trinajstić information content (AvgIpc) is 3.18. The van der Waals surface area contributed by atoms with Crippen LogP contribution < -0.4 is 14.7 Å². The molecular weight excluding hydrogens is 583 g/mol. The fourth-order valence-electron chi connectivity index (χ4n) is 6.46. The van der Waals surface area contributed by atoms with Gasteiger partial charge in [-0.15, -0.1) is 0 Å². The number of benzene rings is 7. The zero-order valence-electron chi connectivity index (χ0n) is 27.7. The summed E-state index contributed by atoms with van der Waals surface area (Å²) in [5.74, 6) is 0. The number of hydrogen-bond donors (Lipinski definition) is 0. The van der Waals surface area contributed by atoms with Crippen molar-refractivity contribution in [2.45, 2.75) is 0 Å². The summed E-state index contributed by atoms with van der Waals surface area (Å²) in [7, 11) is 6.50. The van der Waals surface area contributed by atoms with Crippen molar-refractivity contribution in [2.24, 2.45) is 0 Å². The molecule has 0 radical (unpaired) electrons. The molecular formula is C45H39N3. The lowest BCUT2D eigenvalue weighted by molar-refractivity contribution is 1.15. The second-order valence-electron chi connectivity index (χ2n) is 12.0. The Bertz CT molecular complexity index is 1870. The largest absolute Gasteiger partial charge is 0.344 e. The lowest BCUT2D eigenvalue weighted by atomic mass is 10.0. The maximum Gasteiger partial charge on any atom is 0.0487 e. The minimum absolute atomic E-state index is 1.10. The molecule has 0 bridgehead atoms. The third-order valence-electron chi connectivity index (χ3n) is 9.10. The quantitative estimate of drug-likeness (QED) is 0.159. The molecule has 0 spiro atoms. The van der Waals surface area contributed by atoms with E-state index in [1.165, 1.54) is 33.4 Å². The molecule has 0 aliphatic carbocycles. The van der Waals surface area contributed by atoms with Crippen molar-refractivity contribution < 1.29 is 0 Å². The smallest absolute Gasteiger partial charge is 0.0487 e. The third-order valence-corrected chi connectivity index (χ3v) is 9.10. The number of nitrogens with zero attached hydrogens (tertiary/aromatic N) is 3. The van der Waals surface area contributed by atoms with Crippen molar-refractivity contribution in [3.05, 3.63) is 182 Å². The molecule has 3 heteroatoms. The molecule has 0 aliphatic heterocycles. The molecule has 0 aliphatic rings. The van der Waals surface area contributed by atoms with Crippen LogP contribution in [0.3, 0.4) is 0 Å². The number of anilines is 6. The van der Waals surface area contributed by atoms with Gasteiger partial charge in [0.1, 0.15) is 0 Å². The topological polar surface area (TPSA) is 9.72 Å². The van der Waals surface area contributed by atoms with Gasteiger partial charge in [-0.05, 0) is 53.1 Å². The fraction of sp³-hybridized carbons (Fsp3) is 0.0667. The van der Waals surface area contributed by atoms with Gasteiger partial charge in [0.25, 0.3) is 0 Å². The summed E-state index contributed by atoms with van der Waals surface area (Å²) >= 11 is 0. The molecule has 0 fully saturated rings. The summed E-state index contributed by atoms with van der Waals surface area (Å²) in [6, 6.07) is 64.7. The Morgan fingerprint density at radius 3 is 0.771 bits per heavy atom. The van der Waals surface area contributed by atoms with Crippen LogP contribution in [0.4, 0.5) is 34.1 Å². The summed E-state index contributed by atoms with van der Waals surface area (Å²) in [6.45, 7) is 0. The van der Waals surface area contributed by atoms with E-state index in [9.17, 15) is 0 Å². The van der Waals surface area contributed by atoms with Gasteiger partial charge in [-0.2, -0.15) is 0 Å². The van der Waals surface area contributed by atoms with Crippen LogP contribution in [0.1, 0.15) is 0 Å². The van der Waals surface area contributed by atoms with Gasteiger partial charge in [0.05, 0.1) is 0 Å². The van der Waals surface area contributed by atoms with Crippen LogP contribution in [0, 0.1) is 0 Å². The van der Waals surface area contributed by atoms with E-state index in [4.69, 9.17) is 0 Å². The molecule has 7 aromatic rings. The molecule has 0 N–H and O–H groups in total. The van der Waals surface area contributed by atoms with Crippen molar-refractivity contribution in [2.75, 3.05) is 35.8 Å². The molecule has 0 aromatic heterocycles. The van der Waals surface area contributed by atoms with E-state index in [0.717, 1.165) is 34.1 Å². The lowest BCUT2D eigenvalue weighted by Crippen LogP contribution is -2.17. The van der Waals surface area contributed by atoms with E-state index >= 15 is 0 Å². The second kappa shape index (κ2) is 13.7. The third kappa shape index (κ3) is 6.19. The molecule has 0 saturated carbocycles. The Morgan fingerprint density at radius 2 is 0.500 bits per heavy atom. The van der Waals surface area contributed by atoms with Crippen molar-refractivity contribution in [1.29, 1.82) is 0 Å². The van der Waals surface area contributed by atoms with Gasteiger partial charge in [0.2, 0.25) is 0 Å².